The molecule has 0 saturated carbocycles. The van der Waals surface area contributed by atoms with E-state index in [4.69, 9.17) is 4.98 Å². The van der Waals surface area contributed by atoms with Gasteiger partial charge >= 0.3 is 6.36 Å². The van der Waals surface area contributed by atoms with Crippen LogP contribution in [-0.4, -0.2) is 52.1 Å². The largest absolute Gasteiger partial charge is 0.573 e. The predicted octanol–water partition coefficient (Wildman–Crippen LogP) is 5.92. The lowest BCUT2D eigenvalue weighted by molar-refractivity contribution is -0.274. The van der Waals surface area contributed by atoms with Crippen molar-refractivity contribution in [2.45, 2.75) is 25.7 Å². The number of hydrogen-bond donors (Lipinski definition) is 2. The molecule has 0 atom stereocenters. The third-order valence-electron chi connectivity index (χ3n) is 7.42. The number of imide groups is 1. The van der Waals surface area contributed by atoms with Crippen LogP contribution < -0.4 is 20.3 Å². The topological polar surface area (TPSA) is 109 Å². The number of halogens is 3. The second-order valence-corrected chi connectivity index (χ2v) is 11.4. The molecule has 2 fully saturated rings. The van der Waals surface area contributed by atoms with Crippen LogP contribution in [0.1, 0.15) is 24.2 Å². The zero-order chi connectivity index (χ0) is 30.7. The maximum Gasteiger partial charge on any atom is 0.573 e. The van der Waals surface area contributed by atoms with Gasteiger partial charge in [0, 0.05) is 36.8 Å². The Morgan fingerprint density at radius 2 is 1.82 bits per heavy atom. The molecule has 2 aromatic carbocycles. The molecule has 2 amide bonds. The van der Waals surface area contributed by atoms with E-state index in [-0.39, 0.29) is 11.3 Å². The number of piperidine rings is 1. The van der Waals surface area contributed by atoms with E-state index in [2.05, 4.69) is 30.2 Å². The number of nitrogens with zero attached hydrogens (tertiary/aromatic N) is 4. The number of ether oxygens (including phenoxy) is 1. The minimum absolute atomic E-state index is 0.269. The third kappa shape index (κ3) is 7.00. The highest BCUT2D eigenvalue weighted by molar-refractivity contribution is 8.18. The maximum atomic E-state index is 13.1. The fourth-order valence-corrected chi connectivity index (χ4v) is 5.98. The molecule has 0 radical (unpaired) electrons. The molecule has 0 unspecified atom stereocenters. The summed E-state index contributed by atoms with van der Waals surface area (Å²) in [5, 5.41) is 7.15. The monoisotopic (exact) mass is 620 g/mol. The van der Waals surface area contributed by atoms with Crippen molar-refractivity contribution >= 4 is 45.7 Å². The summed E-state index contributed by atoms with van der Waals surface area (Å²) in [6.07, 6.45) is 0.228. The molecule has 2 aliphatic rings. The number of anilines is 1. The Morgan fingerprint density at radius 3 is 2.59 bits per heavy atom. The molecular weight excluding hydrogens is 593 g/mol. The number of aromatic nitrogens is 3. The van der Waals surface area contributed by atoms with Crippen molar-refractivity contribution in [3.05, 3.63) is 83.2 Å². The van der Waals surface area contributed by atoms with Crippen molar-refractivity contribution in [2.24, 2.45) is 5.92 Å². The average molecular weight is 621 g/mol. The van der Waals surface area contributed by atoms with Crippen LogP contribution in [0.3, 0.4) is 0 Å². The fourth-order valence-electron chi connectivity index (χ4n) is 5.32. The lowest BCUT2D eigenvalue weighted by Gasteiger charge is -2.32. The molecule has 2 saturated heterocycles. The lowest BCUT2D eigenvalue weighted by Crippen LogP contribution is -2.38. The molecule has 4 heterocycles. The van der Waals surface area contributed by atoms with Gasteiger partial charge in [0.15, 0.2) is 0 Å². The number of carbonyl (C=O) groups excluding carboxylic acids is 2. The molecule has 2 N–H and O–H groups in total. The van der Waals surface area contributed by atoms with Gasteiger partial charge in [0.05, 0.1) is 22.0 Å². The number of fused-ring (bicyclic) bond motifs is 1. The minimum atomic E-state index is -4.81. The summed E-state index contributed by atoms with van der Waals surface area (Å²) in [6.45, 7) is 2.71. The number of hydrogen-bond acceptors (Lipinski definition) is 9. The Balaban J connectivity index is 1.10. The molecular formula is C31H27F3N6O3S. The molecule has 9 nitrogen and oxygen atoms in total. The van der Waals surface area contributed by atoms with E-state index in [9.17, 15) is 22.8 Å². The molecule has 2 aliphatic heterocycles. The first-order valence-corrected chi connectivity index (χ1v) is 14.8. The van der Waals surface area contributed by atoms with Crippen LogP contribution in [0.15, 0.2) is 71.8 Å². The summed E-state index contributed by atoms with van der Waals surface area (Å²) < 4.78 is 43.5. The SMILES string of the molecule is O=C1NC(=O)/C(=C\c2ccnc(N3CCC(CNCc4nc(-c5ccccc5OC(F)(F)F)cc5ccccc45)CC3)n2)S1. The summed E-state index contributed by atoms with van der Waals surface area (Å²) in [5.41, 5.74) is 1.98. The minimum Gasteiger partial charge on any atom is -0.405 e. The smallest absolute Gasteiger partial charge is 0.405 e. The highest BCUT2D eigenvalue weighted by atomic mass is 32.2. The number of benzene rings is 2. The number of nitrogens with one attached hydrogen (secondary N) is 2. The molecule has 226 valence electrons. The third-order valence-corrected chi connectivity index (χ3v) is 8.23. The number of pyridine rings is 1. The normalized spacial score (nSPS) is 17.0. The Labute approximate surface area is 254 Å². The van der Waals surface area contributed by atoms with Crippen LogP contribution >= 0.6 is 11.8 Å². The second-order valence-electron chi connectivity index (χ2n) is 10.4. The molecule has 0 spiro atoms. The molecule has 2 aromatic heterocycles. The fraction of sp³-hybridized carbons (Fsp3) is 0.258. The van der Waals surface area contributed by atoms with Crippen LogP contribution in [0.4, 0.5) is 23.9 Å². The summed E-state index contributed by atoms with van der Waals surface area (Å²) in [6, 6.07) is 17.2. The average Bonchev–Trinajstić information content (AvgIpc) is 3.32. The van der Waals surface area contributed by atoms with Crippen molar-refractivity contribution in [3.63, 3.8) is 0 Å². The number of alkyl halides is 3. The number of para-hydroxylation sites is 1. The molecule has 13 heteroatoms. The highest BCUT2D eigenvalue weighted by Gasteiger charge is 2.32. The number of carbonyl (C=O) groups is 2. The summed E-state index contributed by atoms with van der Waals surface area (Å²) in [7, 11) is 0. The zero-order valence-corrected chi connectivity index (χ0v) is 24.1. The summed E-state index contributed by atoms with van der Waals surface area (Å²) in [4.78, 5) is 39.5. The van der Waals surface area contributed by atoms with Gasteiger partial charge in [0.2, 0.25) is 5.95 Å². The Morgan fingerprint density at radius 1 is 1.05 bits per heavy atom. The Bertz CT molecular complexity index is 1740. The van der Waals surface area contributed by atoms with E-state index in [1.165, 1.54) is 12.1 Å². The second kappa shape index (κ2) is 12.6. The standard InChI is InChI=1S/C31H27F3N6O3S/c32-31(33,34)43-26-8-4-3-7-23(26)24-15-20-5-1-2-6-22(20)25(38-24)18-35-17-19-10-13-40(14-11-19)29-36-12-9-21(37-29)16-27-28(41)39-30(42)44-27/h1-9,12,15-16,19,35H,10-11,13-14,17-18H2,(H,39,41,42)/b27-16+. The number of amides is 2. The molecule has 6 rings (SSSR count). The molecule has 44 heavy (non-hydrogen) atoms. The van der Waals surface area contributed by atoms with Gasteiger partial charge in [0.1, 0.15) is 5.75 Å². The van der Waals surface area contributed by atoms with Gasteiger partial charge in [-0.05, 0) is 72.8 Å². The lowest BCUT2D eigenvalue weighted by atomic mass is 9.97. The van der Waals surface area contributed by atoms with Gasteiger partial charge in [-0.3, -0.25) is 19.9 Å². The predicted molar refractivity (Wildman–Crippen MR) is 162 cm³/mol. The van der Waals surface area contributed by atoms with Crippen LogP contribution in [0.5, 0.6) is 5.75 Å². The van der Waals surface area contributed by atoms with E-state index in [0.717, 1.165) is 60.7 Å². The quantitative estimate of drug-likeness (QED) is 0.232. The summed E-state index contributed by atoms with van der Waals surface area (Å²) in [5.74, 6) is 0.251. The maximum absolute atomic E-state index is 13.1. The summed E-state index contributed by atoms with van der Waals surface area (Å²) >= 11 is 0.848. The zero-order valence-electron chi connectivity index (χ0n) is 23.3. The van der Waals surface area contributed by atoms with Gasteiger partial charge in [-0.15, -0.1) is 13.2 Å². The van der Waals surface area contributed by atoms with E-state index in [1.54, 1.807) is 36.5 Å². The highest BCUT2D eigenvalue weighted by Crippen LogP contribution is 2.35. The number of rotatable bonds is 8. The first kappa shape index (κ1) is 29.6. The van der Waals surface area contributed by atoms with Gasteiger partial charge in [-0.25, -0.2) is 9.97 Å². The van der Waals surface area contributed by atoms with Crippen molar-refractivity contribution in [2.75, 3.05) is 24.5 Å². The van der Waals surface area contributed by atoms with Crippen LogP contribution in [0.2, 0.25) is 0 Å². The van der Waals surface area contributed by atoms with Gasteiger partial charge in [-0.1, -0.05) is 36.4 Å². The Kier molecular flexibility index (Phi) is 8.49. The van der Waals surface area contributed by atoms with E-state index >= 15 is 0 Å². The van der Waals surface area contributed by atoms with Crippen molar-refractivity contribution < 1.29 is 27.5 Å². The van der Waals surface area contributed by atoms with Gasteiger partial charge in [0.25, 0.3) is 11.1 Å². The van der Waals surface area contributed by atoms with Crippen LogP contribution in [-0.2, 0) is 11.3 Å². The first-order chi connectivity index (χ1) is 21.2. The Hall–Kier alpha value is -4.49. The van der Waals surface area contributed by atoms with E-state index in [1.807, 2.05) is 24.3 Å². The van der Waals surface area contributed by atoms with Gasteiger partial charge in [-0.2, -0.15) is 0 Å². The van der Waals surface area contributed by atoms with Crippen LogP contribution in [0.25, 0.3) is 28.1 Å². The molecule has 4 aromatic rings. The van der Waals surface area contributed by atoms with Crippen molar-refractivity contribution in [3.8, 4) is 17.0 Å². The van der Waals surface area contributed by atoms with Crippen molar-refractivity contribution in [1.82, 2.24) is 25.6 Å². The first-order valence-electron chi connectivity index (χ1n) is 14.0. The van der Waals surface area contributed by atoms with Crippen molar-refractivity contribution in [1.29, 1.82) is 0 Å². The van der Waals surface area contributed by atoms with Gasteiger partial charge < -0.3 is 15.0 Å². The molecule has 0 aliphatic carbocycles. The van der Waals surface area contributed by atoms with E-state index < -0.39 is 17.5 Å². The number of thioether (sulfide) groups is 1. The van der Waals surface area contributed by atoms with Crippen LogP contribution in [0, 0.1) is 5.92 Å². The van der Waals surface area contributed by atoms with E-state index in [0.29, 0.717) is 34.7 Å². The molecule has 0 bridgehead atoms.